The molecule has 0 bridgehead atoms. The number of ketones is 1. The topological polar surface area (TPSA) is 181 Å². The average Bonchev–Trinajstić information content (AvgIpc) is 3.66. The minimum Gasteiger partial charge on any atom is -0.487 e. The highest BCUT2D eigenvalue weighted by atomic mass is 32.2. The standard InChI is InChI=1S/C41H41F3N3O9PS2/c1-24-9-11-28(18-26(24)3)34(48)8-5-6-16-54-38-36(43)32-21-35(59(52,53)47-23-57(50,51)56-31-14-13-30(22-45)33(42)20-31)58-40(32)37(44)39(38)55-17-7-15-46-41(49)29-12-10-25(2)27(4)19-29/h9-14,18-21,47H,5-8,15-17,23H2,1-4H3,(H,46,49)(H,50,51). The fourth-order valence-electron chi connectivity index (χ4n) is 5.64. The molecule has 1 unspecified atom stereocenters. The van der Waals surface area contributed by atoms with Gasteiger partial charge in [0.25, 0.3) is 15.9 Å². The van der Waals surface area contributed by atoms with E-state index < -0.39 is 72.9 Å². The number of thiophene rings is 1. The number of halogens is 3. The molecule has 18 heteroatoms. The lowest BCUT2D eigenvalue weighted by molar-refractivity contribution is 0.0948. The van der Waals surface area contributed by atoms with Crippen molar-refractivity contribution in [3.63, 3.8) is 0 Å². The molecule has 59 heavy (non-hydrogen) atoms. The van der Waals surface area contributed by atoms with E-state index in [1.807, 2.05) is 44.5 Å². The van der Waals surface area contributed by atoms with Gasteiger partial charge in [0, 0.05) is 35.5 Å². The van der Waals surface area contributed by atoms with E-state index >= 15 is 8.78 Å². The third-order valence-electron chi connectivity index (χ3n) is 9.27. The fourth-order valence-corrected chi connectivity index (χ4v) is 9.58. The number of unbranched alkanes of at least 4 members (excludes halogenated alkanes) is 1. The van der Waals surface area contributed by atoms with Crippen LogP contribution in [0, 0.1) is 56.5 Å². The number of Topliss-reactive ketones (excluding diaryl/α,β-unsaturated/α-hetero) is 1. The quantitative estimate of drug-likeness (QED) is 0.0413. The number of benzene rings is 4. The number of nitrogens with one attached hydrogen (secondary N) is 2. The van der Waals surface area contributed by atoms with E-state index in [2.05, 4.69) is 5.32 Å². The summed E-state index contributed by atoms with van der Waals surface area (Å²) in [7, 11) is -9.50. The van der Waals surface area contributed by atoms with Gasteiger partial charge in [-0.25, -0.2) is 26.2 Å². The smallest absolute Gasteiger partial charge is 0.391 e. The number of fused-ring (bicyclic) bond motifs is 1. The van der Waals surface area contributed by atoms with E-state index in [1.165, 1.54) is 0 Å². The molecule has 1 atom stereocenters. The number of nitrogens with zero attached hydrogens (tertiary/aromatic N) is 1. The van der Waals surface area contributed by atoms with Gasteiger partial charge in [0.15, 0.2) is 17.4 Å². The second-order valence-corrected chi connectivity index (χ2v) is 18.5. The summed E-state index contributed by atoms with van der Waals surface area (Å²) in [4.78, 5) is 35.7. The van der Waals surface area contributed by atoms with Crippen LogP contribution < -0.4 is 24.0 Å². The van der Waals surface area contributed by atoms with Crippen molar-refractivity contribution in [1.82, 2.24) is 10.0 Å². The lowest BCUT2D eigenvalue weighted by Gasteiger charge is -2.15. The third kappa shape index (κ3) is 11.3. The molecular formula is C41H41F3N3O9PS2. The molecule has 1 heterocycles. The minimum absolute atomic E-state index is 0.0896. The maximum Gasteiger partial charge on any atom is 0.391 e. The molecule has 0 aliphatic heterocycles. The number of nitriles is 1. The highest BCUT2D eigenvalue weighted by Gasteiger charge is 2.30. The van der Waals surface area contributed by atoms with Gasteiger partial charge in [0.2, 0.25) is 11.5 Å². The van der Waals surface area contributed by atoms with Gasteiger partial charge in [-0.3, -0.25) is 9.59 Å². The molecule has 0 saturated carbocycles. The Bertz CT molecular complexity index is 2500. The fraction of sp³-hybridized carbons (Fsp3) is 0.293. The monoisotopic (exact) mass is 871 g/mol. The largest absolute Gasteiger partial charge is 0.487 e. The van der Waals surface area contributed by atoms with Crippen LogP contribution >= 0.6 is 18.9 Å². The summed E-state index contributed by atoms with van der Waals surface area (Å²) in [5.74, 6) is -5.44. The molecule has 12 nitrogen and oxygen atoms in total. The molecule has 5 aromatic rings. The highest BCUT2D eigenvalue weighted by Crippen LogP contribution is 2.45. The van der Waals surface area contributed by atoms with Crippen LogP contribution in [0.1, 0.15) is 74.2 Å². The first-order valence-electron chi connectivity index (χ1n) is 18.3. The minimum atomic E-state index is -4.81. The van der Waals surface area contributed by atoms with Crippen LogP contribution in [0.4, 0.5) is 13.2 Å². The molecule has 0 spiro atoms. The number of carbonyl (C=O) groups is 2. The van der Waals surface area contributed by atoms with Gasteiger partial charge in [-0.15, -0.1) is 11.3 Å². The molecule has 0 saturated heterocycles. The number of hydrogen-bond acceptors (Lipinski definition) is 10. The highest BCUT2D eigenvalue weighted by molar-refractivity contribution is 7.92. The molecule has 3 N–H and O–H groups in total. The van der Waals surface area contributed by atoms with Gasteiger partial charge in [-0.1, -0.05) is 18.2 Å². The van der Waals surface area contributed by atoms with Gasteiger partial charge >= 0.3 is 7.60 Å². The van der Waals surface area contributed by atoms with Crippen molar-refractivity contribution in [2.24, 2.45) is 0 Å². The van der Waals surface area contributed by atoms with Crippen molar-refractivity contribution < 1.29 is 54.6 Å². The van der Waals surface area contributed by atoms with E-state index in [-0.39, 0.29) is 56.3 Å². The first kappa shape index (κ1) is 44.9. The van der Waals surface area contributed by atoms with Gasteiger partial charge in [0.1, 0.15) is 28.1 Å². The Morgan fingerprint density at radius 1 is 0.831 bits per heavy atom. The van der Waals surface area contributed by atoms with Gasteiger partial charge < -0.3 is 24.2 Å². The van der Waals surface area contributed by atoms with Crippen LogP contribution in [0.3, 0.4) is 0 Å². The predicted octanol–water partition coefficient (Wildman–Crippen LogP) is 8.56. The van der Waals surface area contributed by atoms with E-state index in [0.29, 0.717) is 35.0 Å². The summed E-state index contributed by atoms with van der Waals surface area (Å²) in [5, 5.41) is 11.2. The number of amides is 1. The molecule has 5 rings (SSSR count). The summed E-state index contributed by atoms with van der Waals surface area (Å²) < 4.78 is 103. The van der Waals surface area contributed by atoms with E-state index in [9.17, 15) is 31.9 Å². The van der Waals surface area contributed by atoms with E-state index in [0.717, 1.165) is 40.5 Å². The first-order valence-corrected chi connectivity index (χ1v) is 22.3. The maximum atomic E-state index is 16.2. The third-order valence-corrected chi connectivity index (χ3v) is 13.5. The number of aryl methyl sites for hydroxylation is 4. The number of rotatable bonds is 19. The zero-order valence-electron chi connectivity index (χ0n) is 32.5. The Labute approximate surface area is 343 Å². The molecule has 0 fully saturated rings. The normalized spacial score (nSPS) is 12.5. The van der Waals surface area contributed by atoms with Crippen molar-refractivity contribution in [3.8, 4) is 23.3 Å². The second kappa shape index (κ2) is 19.2. The van der Waals surface area contributed by atoms with E-state index in [4.69, 9.17) is 19.3 Å². The molecule has 0 aliphatic carbocycles. The zero-order chi connectivity index (χ0) is 43.1. The van der Waals surface area contributed by atoms with Crippen LogP contribution in [0.25, 0.3) is 10.1 Å². The summed E-state index contributed by atoms with van der Waals surface area (Å²) in [6.45, 7) is 7.40. The Balaban J connectivity index is 1.31. The van der Waals surface area contributed by atoms with Gasteiger partial charge in [0.05, 0.1) is 23.5 Å². The maximum absolute atomic E-state index is 16.2. The molecule has 0 aliphatic rings. The van der Waals surface area contributed by atoms with Gasteiger partial charge in [-0.2, -0.15) is 9.98 Å². The summed E-state index contributed by atoms with van der Waals surface area (Å²) >= 11 is 0.323. The summed E-state index contributed by atoms with van der Waals surface area (Å²) in [5.41, 5.74) is 4.65. The van der Waals surface area contributed by atoms with Crippen molar-refractivity contribution in [2.75, 3.05) is 26.0 Å². The Kier molecular flexibility index (Phi) is 14.6. The second-order valence-electron chi connectivity index (χ2n) is 13.7. The van der Waals surface area contributed by atoms with E-state index in [1.54, 1.807) is 30.3 Å². The van der Waals surface area contributed by atoms with Gasteiger partial charge in [-0.05, 0) is 106 Å². The number of hydrogen-bond donors (Lipinski definition) is 3. The lowest BCUT2D eigenvalue weighted by atomic mass is 10.0. The predicted molar refractivity (Wildman–Crippen MR) is 216 cm³/mol. The Hall–Kier alpha value is -5.24. The zero-order valence-corrected chi connectivity index (χ0v) is 35.0. The molecule has 4 aromatic carbocycles. The van der Waals surface area contributed by atoms with Crippen LogP contribution in [-0.4, -0.2) is 51.0 Å². The number of carbonyl (C=O) groups excluding carboxylic acids is 2. The molecule has 0 radical (unpaired) electrons. The summed E-state index contributed by atoms with van der Waals surface area (Å²) in [6, 6.07) is 15.8. The van der Waals surface area contributed by atoms with Crippen LogP contribution in [-0.2, 0) is 14.6 Å². The molecule has 1 amide bonds. The first-order chi connectivity index (χ1) is 27.9. The SMILES string of the molecule is Cc1ccc(C(=O)CCCCOc2c(OCCCNC(=O)c3ccc(C)c(C)c3)c(F)c3sc(S(=O)(=O)NCP(=O)(O)Oc4ccc(C#N)c(F)c4)cc3c2F)cc1C. The molecule has 1 aromatic heterocycles. The van der Waals surface area contributed by atoms with Crippen molar-refractivity contribution in [2.45, 2.75) is 57.6 Å². The lowest BCUT2D eigenvalue weighted by Crippen LogP contribution is -2.25. The van der Waals surface area contributed by atoms with Crippen LogP contribution in [0.5, 0.6) is 17.2 Å². The summed E-state index contributed by atoms with van der Waals surface area (Å²) in [6.07, 6.45) is -0.230. The molecule has 312 valence electrons. The molecular weight excluding hydrogens is 831 g/mol. The number of sulfonamides is 1. The van der Waals surface area contributed by atoms with Crippen molar-refractivity contribution in [3.05, 3.63) is 117 Å². The van der Waals surface area contributed by atoms with Crippen LogP contribution in [0.2, 0.25) is 0 Å². The number of ether oxygens (including phenoxy) is 2. The van der Waals surface area contributed by atoms with Crippen molar-refractivity contribution in [1.29, 1.82) is 5.26 Å². The average molecular weight is 872 g/mol. The van der Waals surface area contributed by atoms with Crippen molar-refractivity contribution >= 4 is 50.7 Å². The Morgan fingerprint density at radius 2 is 1.46 bits per heavy atom. The van der Waals surface area contributed by atoms with Crippen LogP contribution in [0.15, 0.2) is 64.9 Å². The Morgan fingerprint density at radius 3 is 2.10 bits per heavy atom.